The summed E-state index contributed by atoms with van der Waals surface area (Å²) in [5, 5.41) is 0. The van der Waals surface area contributed by atoms with Crippen LogP contribution >= 0.6 is 11.8 Å². The number of allylic oxidation sites excluding steroid dienone is 1. The van der Waals surface area contributed by atoms with Crippen LogP contribution in [-0.4, -0.2) is 17.8 Å². The minimum atomic E-state index is 0.820. The number of hydrogen-bond acceptors (Lipinski definition) is 2. The zero-order valence-corrected chi connectivity index (χ0v) is 7.19. The van der Waals surface area contributed by atoms with Crippen LogP contribution in [0.3, 0.4) is 0 Å². The third-order valence-corrected chi connectivity index (χ3v) is 2.08. The molecule has 0 unspecified atom stereocenters. The highest BCUT2D eigenvalue weighted by Crippen LogP contribution is 2.03. The largest absolute Gasteiger partial charge is 0.299 e. The minimum Gasteiger partial charge on any atom is -0.299 e. The van der Waals surface area contributed by atoms with E-state index in [0.29, 0.717) is 0 Å². The van der Waals surface area contributed by atoms with E-state index >= 15 is 0 Å². The lowest BCUT2D eigenvalue weighted by atomic mass is 10.4. The van der Waals surface area contributed by atoms with Crippen LogP contribution in [0.25, 0.3) is 0 Å². The third-order valence-electron chi connectivity index (χ3n) is 1.07. The maximum absolute atomic E-state index is 9.80. The Morgan fingerprint density at radius 2 is 2.30 bits per heavy atom. The summed E-state index contributed by atoms with van der Waals surface area (Å²) in [6.45, 7) is 2.18. The van der Waals surface area contributed by atoms with Gasteiger partial charge in [0.15, 0.2) is 0 Å². The Hall–Kier alpha value is -0.240. The molecule has 0 atom stereocenters. The van der Waals surface area contributed by atoms with Crippen molar-refractivity contribution >= 4 is 18.0 Å². The van der Waals surface area contributed by atoms with Gasteiger partial charge in [-0.3, -0.25) is 4.79 Å². The van der Waals surface area contributed by atoms with Gasteiger partial charge in [0, 0.05) is 5.75 Å². The number of carbonyl (C=O) groups excluding carboxylic acids is 1. The van der Waals surface area contributed by atoms with Crippen molar-refractivity contribution in [3.63, 3.8) is 0 Å². The smallest absolute Gasteiger partial charge is 0.142 e. The summed E-state index contributed by atoms with van der Waals surface area (Å²) in [6, 6.07) is 0. The predicted octanol–water partition coefficient (Wildman–Crippen LogP) is 2.27. The van der Waals surface area contributed by atoms with E-state index in [1.807, 2.05) is 17.8 Å². The van der Waals surface area contributed by atoms with Crippen molar-refractivity contribution in [3.8, 4) is 0 Å². The molecule has 0 saturated heterocycles. The fraction of sp³-hybridized carbons (Fsp3) is 0.625. The summed E-state index contributed by atoms with van der Waals surface area (Å²) in [7, 11) is 0. The van der Waals surface area contributed by atoms with Gasteiger partial charge in [-0.2, -0.15) is 11.8 Å². The first-order valence-corrected chi connectivity index (χ1v) is 4.75. The molecule has 0 N–H and O–H groups in total. The summed E-state index contributed by atoms with van der Waals surface area (Å²) in [5.74, 6) is 2.18. The van der Waals surface area contributed by atoms with E-state index in [2.05, 4.69) is 6.92 Å². The number of thioether (sulfide) groups is 1. The lowest BCUT2D eigenvalue weighted by Crippen LogP contribution is -1.78. The average Bonchev–Trinajstić information content (AvgIpc) is 1.97. The monoisotopic (exact) mass is 158 g/mol. The standard InChI is InChI=1S/C8H14OS/c1-2-3-7-10-8-5-4-6-9/h4-6H,2-3,7-8H2,1H3/b5-4+. The van der Waals surface area contributed by atoms with E-state index in [0.717, 1.165) is 12.0 Å². The van der Waals surface area contributed by atoms with E-state index in [1.54, 1.807) is 6.08 Å². The predicted molar refractivity (Wildman–Crippen MR) is 47.4 cm³/mol. The lowest BCUT2D eigenvalue weighted by Gasteiger charge is -1.92. The van der Waals surface area contributed by atoms with Gasteiger partial charge in [-0.1, -0.05) is 19.4 Å². The van der Waals surface area contributed by atoms with Crippen molar-refractivity contribution in [3.05, 3.63) is 12.2 Å². The number of rotatable bonds is 6. The second kappa shape index (κ2) is 8.76. The molecule has 0 aromatic heterocycles. The van der Waals surface area contributed by atoms with Crippen LogP contribution in [0.1, 0.15) is 19.8 Å². The molecule has 0 aliphatic heterocycles. The molecule has 0 bridgehead atoms. The highest BCUT2D eigenvalue weighted by molar-refractivity contribution is 7.99. The number of aldehydes is 1. The Morgan fingerprint density at radius 3 is 2.90 bits per heavy atom. The molecule has 0 aromatic rings. The van der Waals surface area contributed by atoms with Crippen molar-refractivity contribution in [1.29, 1.82) is 0 Å². The zero-order chi connectivity index (χ0) is 7.66. The van der Waals surface area contributed by atoms with Crippen LogP contribution in [0.15, 0.2) is 12.2 Å². The zero-order valence-electron chi connectivity index (χ0n) is 6.38. The van der Waals surface area contributed by atoms with Crippen molar-refractivity contribution in [2.75, 3.05) is 11.5 Å². The Labute approximate surface area is 66.9 Å². The molecule has 2 heteroatoms. The molecule has 0 amide bonds. The van der Waals surface area contributed by atoms with Gasteiger partial charge in [-0.15, -0.1) is 0 Å². The normalized spacial score (nSPS) is 10.5. The molecular formula is C8H14OS. The van der Waals surface area contributed by atoms with Crippen molar-refractivity contribution < 1.29 is 4.79 Å². The molecule has 0 radical (unpaired) electrons. The molecule has 0 rings (SSSR count). The Morgan fingerprint density at radius 1 is 1.50 bits per heavy atom. The van der Waals surface area contributed by atoms with Gasteiger partial charge in [0.1, 0.15) is 6.29 Å². The Kier molecular flexibility index (Phi) is 8.55. The summed E-state index contributed by atoms with van der Waals surface area (Å²) in [5.41, 5.74) is 0. The van der Waals surface area contributed by atoms with Gasteiger partial charge in [0.2, 0.25) is 0 Å². The first-order chi connectivity index (χ1) is 4.91. The van der Waals surface area contributed by atoms with E-state index in [1.165, 1.54) is 18.6 Å². The molecule has 0 saturated carbocycles. The van der Waals surface area contributed by atoms with Gasteiger partial charge in [-0.25, -0.2) is 0 Å². The highest BCUT2D eigenvalue weighted by Gasteiger charge is 1.82. The number of hydrogen-bond donors (Lipinski definition) is 0. The lowest BCUT2D eigenvalue weighted by molar-refractivity contribution is -0.104. The number of unbranched alkanes of at least 4 members (excludes halogenated alkanes) is 1. The van der Waals surface area contributed by atoms with Gasteiger partial charge in [0.05, 0.1) is 0 Å². The van der Waals surface area contributed by atoms with Crippen LogP contribution < -0.4 is 0 Å². The van der Waals surface area contributed by atoms with Crippen molar-refractivity contribution in [2.24, 2.45) is 0 Å². The van der Waals surface area contributed by atoms with E-state index < -0.39 is 0 Å². The van der Waals surface area contributed by atoms with Crippen LogP contribution in [0.2, 0.25) is 0 Å². The molecular weight excluding hydrogens is 144 g/mol. The summed E-state index contributed by atoms with van der Waals surface area (Å²) in [6.07, 6.45) is 6.80. The Bertz CT molecular complexity index is 99.4. The second-order valence-electron chi connectivity index (χ2n) is 1.99. The van der Waals surface area contributed by atoms with Crippen LogP contribution in [0.4, 0.5) is 0 Å². The van der Waals surface area contributed by atoms with Crippen LogP contribution in [0.5, 0.6) is 0 Å². The number of carbonyl (C=O) groups is 1. The molecule has 0 fully saturated rings. The first kappa shape index (κ1) is 9.76. The summed E-state index contributed by atoms with van der Waals surface area (Å²) < 4.78 is 0. The van der Waals surface area contributed by atoms with E-state index in [9.17, 15) is 4.79 Å². The Balaban J connectivity index is 2.90. The van der Waals surface area contributed by atoms with Crippen LogP contribution in [0, 0.1) is 0 Å². The quantitative estimate of drug-likeness (QED) is 0.335. The molecule has 10 heavy (non-hydrogen) atoms. The fourth-order valence-electron chi connectivity index (χ4n) is 0.509. The van der Waals surface area contributed by atoms with Gasteiger partial charge >= 0.3 is 0 Å². The van der Waals surface area contributed by atoms with Crippen molar-refractivity contribution in [2.45, 2.75) is 19.8 Å². The molecule has 0 heterocycles. The van der Waals surface area contributed by atoms with Gasteiger partial charge in [0.25, 0.3) is 0 Å². The maximum Gasteiger partial charge on any atom is 0.142 e. The molecule has 58 valence electrons. The molecule has 0 aromatic carbocycles. The fourth-order valence-corrected chi connectivity index (χ4v) is 1.42. The molecule has 0 aliphatic rings. The first-order valence-electron chi connectivity index (χ1n) is 3.60. The molecule has 0 aliphatic carbocycles. The highest BCUT2D eigenvalue weighted by atomic mass is 32.2. The molecule has 0 spiro atoms. The summed E-state index contributed by atoms with van der Waals surface area (Å²) in [4.78, 5) is 9.80. The average molecular weight is 158 g/mol. The molecule has 1 nitrogen and oxygen atoms in total. The maximum atomic E-state index is 9.80. The van der Waals surface area contributed by atoms with Crippen LogP contribution in [-0.2, 0) is 4.79 Å². The topological polar surface area (TPSA) is 17.1 Å². The van der Waals surface area contributed by atoms with Gasteiger partial charge < -0.3 is 0 Å². The minimum absolute atomic E-state index is 0.820. The van der Waals surface area contributed by atoms with E-state index in [4.69, 9.17) is 0 Å². The second-order valence-corrected chi connectivity index (χ2v) is 3.14. The van der Waals surface area contributed by atoms with Crippen molar-refractivity contribution in [1.82, 2.24) is 0 Å². The SMILES string of the molecule is CCCCSC/C=C/C=O. The van der Waals surface area contributed by atoms with Gasteiger partial charge in [-0.05, 0) is 18.2 Å². The van der Waals surface area contributed by atoms with E-state index in [-0.39, 0.29) is 0 Å². The third kappa shape index (κ3) is 7.76. The summed E-state index contributed by atoms with van der Waals surface area (Å²) >= 11 is 1.87.